The summed E-state index contributed by atoms with van der Waals surface area (Å²) in [5.74, 6) is -5.94. The molecule has 0 unspecified atom stereocenters. The van der Waals surface area contributed by atoms with Gasteiger partial charge in [-0.2, -0.15) is 0 Å². The Hall–Kier alpha value is -2.91. The van der Waals surface area contributed by atoms with Crippen molar-refractivity contribution < 1.29 is 35.6 Å². The fraction of sp³-hybridized carbons (Fsp3) is 0.174. The van der Waals surface area contributed by atoms with Crippen molar-refractivity contribution in [3.63, 3.8) is 0 Å². The first-order valence-corrected chi connectivity index (χ1v) is 13.0. The number of halogens is 5. The lowest BCUT2D eigenvalue weighted by molar-refractivity contribution is 0.0538. The maximum atomic E-state index is 15.2. The predicted octanol–water partition coefficient (Wildman–Crippen LogP) is 5.23. The normalized spacial score (nSPS) is 11.3. The molecule has 0 radical (unpaired) electrons. The molecule has 0 aliphatic heterocycles. The molecule has 36 heavy (non-hydrogen) atoms. The van der Waals surface area contributed by atoms with Crippen LogP contribution in [0, 0.1) is 26.8 Å². The van der Waals surface area contributed by atoms with E-state index in [-0.39, 0.29) is 22.7 Å². The molecule has 3 aromatic rings. The molecule has 7 nitrogen and oxygen atoms in total. The minimum Gasteiger partial charge on any atom is -0.350 e. The number of benzene rings is 3. The number of carbonyl (C=O) groups is 1. The van der Waals surface area contributed by atoms with Crippen molar-refractivity contribution in [2.45, 2.75) is 13.3 Å². The lowest BCUT2D eigenvalue weighted by atomic mass is 9.99. The van der Waals surface area contributed by atoms with Crippen LogP contribution in [0.1, 0.15) is 28.4 Å². The Morgan fingerprint density at radius 1 is 0.972 bits per heavy atom. The zero-order valence-electron chi connectivity index (χ0n) is 18.9. The number of hydrogen-bond acceptors (Lipinski definition) is 5. The zero-order valence-corrected chi connectivity index (χ0v) is 21.9. The van der Waals surface area contributed by atoms with Crippen molar-refractivity contribution in [1.29, 1.82) is 0 Å². The minimum atomic E-state index is -3.80. The average molecular weight is 637 g/mol. The van der Waals surface area contributed by atoms with E-state index < -0.39 is 62.4 Å². The highest BCUT2D eigenvalue weighted by molar-refractivity contribution is 14.1. The molecule has 0 saturated carbocycles. The Morgan fingerprint density at radius 2 is 1.69 bits per heavy atom. The van der Waals surface area contributed by atoms with E-state index in [9.17, 15) is 22.0 Å². The maximum Gasteiger partial charge on any atom is 0.277 e. The second kappa shape index (κ2) is 11.4. The molecule has 0 saturated heterocycles. The quantitative estimate of drug-likeness (QED) is 0.170. The number of carbonyl (C=O) groups excluding carboxylic acids is 1. The van der Waals surface area contributed by atoms with Gasteiger partial charge in [0.15, 0.2) is 17.5 Å². The van der Waals surface area contributed by atoms with Gasteiger partial charge in [0.1, 0.15) is 5.82 Å². The van der Waals surface area contributed by atoms with Gasteiger partial charge in [-0.1, -0.05) is 12.1 Å². The van der Waals surface area contributed by atoms with Crippen LogP contribution in [-0.2, 0) is 21.3 Å². The Morgan fingerprint density at radius 3 is 2.33 bits per heavy atom. The van der Waals surface area contributed by atoms with Crippen LogP contribution in [0.4, 0.5) is 34.6 Å². The van der Waals surface area contributed by atoms with Gasteiger partial charge in [-0.15, -0.1) is 0 Å². The molecule has 0 bridgehead atoms. The molecular formula is C23H20F4IN3O4S. The standard InChI is InChI=1S/C23H20F4IN3O4S/c1-3-36(33,34)31-18-6-4-5-12(19(18)25)9-13-10-15(23(32)30-35-2)22(21(27)20(13)26)29-17-8-7-14(28)11-16(17)24/h4-8,10-11,29,31H,3,9H2,1-2H3,(H,30,32). The lowest BCUT2D eigenvalue weighted by Crippen LogP contribution is -2.24. The van der Waals surface area contributed by atoms with Gasteiger partial charge < -0.3 is 5.32 Å². The zero-order chi connectivity index (χ0) is 26.6. The van der Waals surface area contributed by atoms with E-state index in [1.54, 1.807) is 0 Å². The summed E-state index contributed by atoms with van der Waals surface area (Å²) in [4.78, 5) is 17.1. The summed E-state index contributed by atoms with van der Waals surface area (Å²) < 4.78 is 85.9. The first kappa shape index (κ1) is 27.7. The van der Waals surface area contributed by atoms with E-state index in [2.05, 4.69) is 14.9 Å². The number of nitrogens with one attached hydrogen (secondary N) is 3. The van der Waals surface area contributed by atoms with E-state index in [1.807, 2.05) is 28.1 Å². The van der Waals surface area contributed by atoms with Gasteiger partial charge in [-0.3, -0.25) is 14.4 Å². The fourth-order valence-electron chi connectivity index (χ4n) is 3.22. The van der Waals surface area contributed by atoms with Gasteiger partial charge in [0, 0.05) is 9.99 Å². The Balaban J connectivity index is 2.08. The highest BCUT2D eigenvalue weighted by Crippen LogP contribution is 2.32. The van der Waals surface area contributed by atoms with Gasteiger partial charge in [0.25, 0.3) is 5.91 Å². The summed E-state index contributed by atoms with van der Waals surface area (Å²) in [5, 5.41) is 2.40. The number of sulfonamides is 1. The average Bonchev–Trinajstić information content (AvgIpc) is 2.82. The molecule has 0 aliphatic rings. The van der Waals surface area contributed by atoms with Crippen LogP contribution in [0.15, 0.2) is 42.5 Å². The van der Waals surface area contributed by atoms with E-state index >= 15 is 8.78 Å². The van der Waals surface area contributed by atoms with Crippen molar-refractivity contribution >= 4 is 55.6 Å². The van der Waals surface area contributed by atoms with Crippen molar-refractivity contribution in [1.82, 2.24) is 5.48 Å². The molecule has 0 atom stereocenters. The topological polar surface area (TPSA) is 96.5 Å². The maximum absolute atomic E-state index is 15.2. The third-order valence-corrected chi connectivity index (χ3v) is 6.98. The summed E-state index contributed by atoms with van der Waals surface area (Å²) in [6.45, 7) is 1.37. The minimum absolute atomic E-state index is 0.160. The molecule has 1 amide bonds. The first-order chi connectivity index (χ1) is 17.0. The molecule has 0 aliphatic carbocycles. The van der Waals surface area contributed by atoms with Crippen molar-refractivity contribution in [3.8, 4) is 0 Å². The Bertz CT molecular complexity index is 1420. The monoisotopic (exact) mass is 637 g/mol. The smallest absolute Gasteiger partial charge is 0.277 e. The number of hydrogen-bond donors (Lipinski definition) is 3. The molecular weight excluding hydrogens is 617 g/mol. The van der Waals surface area contributed by atoms with Gasteiger partial charge in [-0.05, 0) is 71.0 Å². The summed E-state index contributed by atoms with van der Waals surface area (Å²) in [5.41, 5.74) is -0.246. The third-order valence-electron chi connectivity index (χ3n) is 5.02. The SMILES string of the molecule is CCS(=O)(=O)Nc1cccc(Cc2cc(C(=O)NOC)c(Nc3ccc(I)cc3F)c(F)c2F)c1F. The molecule has 3 aromatic carbocycles. The second-order valence-electron chi connectivity index (χ2n) is 7.43. The molecule has 3 rings (SSSR count). The van der Waals surface area contributed by atoms with E-state index in [1.165, 1.54) is 37.3 Å². The Labute approximate surface area is 218 Å². The number of anilines is 3. The van der Waals surface area contributed by atoms with E-state index in [0.717, 1.165) is 19.2 Å². The van der Waals surface area contributed by atoms with Crippen LogP contribution in [0.3, 0.4) is 0 Å². The summed E-state index contributed by atoms with van der Waals surface area (Å²) in [7, 11) is -2.67. The van der Waals surface area contributed by atoms with Crippen LogP contribution in [0.25, 0.3) is 0 Å². The predicted molar refractivity (Wildman–Crippen MR) is 136 cm³/mol. The molecule has 192 valence electrons. The number of rotatable bonds is 9. The van der Waals surface area contributed by atoms with Crippen LogP contribution in [0.5, 0.6) is 0 Å². The molecule has 3 N–H and O–H groups in total. The lowest BCUT2D eigenvalue weighted by Gasteiger charge is -2.17. The molecule has 0 heterocycles. The second-order valence-corrected chi connectivity index (χ2v) is 10.7. The number of hydroxylamine groups is 1. The largest absolute Gasteiger partial charge is 0.350 e. The molecule has 0 spiro atoms. The van der Waals surface area contributed by atoms with Crippen LogP contribution in [-0.4, -0.2) is 27.2 Å². The molecule has 0 aromatic heterocycles. The highest BCUT2D eigenvalue weighted by Gasteiger charge is 2.25. The van der Waals surface area contributed by atoms with Crippen LogP contribution >= 0.6 is 22.6 Å². The summed E-state index contributed by atoms with van der Waals surface area (Å²) in [6, 6.07) is 8.73. The van der Waals surface area contributed by atoms with Crippen molar-refractivity contribution in [3.05, 3.63) is 86.0 Å². The summed E-state index contributed by atoms with van der Waals surface area (Å²) in [6.07, 6.45) is -0.526. The van der Waals surface area contributed by atoms with Crippen LogP contribution in [0.2, 0.25) is 0 Å². The molecule has 13 heteroatoms. The van der Waals surface area contributed by atoms with Crippen LogP contribution < -0.4 is 15.5 Å². The third kappa shape index (κ3) is 6.25. The van der Waals surface area contributed by atoms with E-state index in [4.69, 9.17) is 0 Å². The van der Waals surface area contributed by atoms with Gasteiger partial charge >= 0.3 is 0 Å². The van der Waals surface area contributed by atoms with Gasteiger partial charge in [-0.25, -0.2) is 31.5 Å². The van der Waals surface area contributed by atoms with E-state index in [0.29, 0.717) is 3.57 Å². The van der Waals surface area contributed by atoms with Gasteiger partial charge in [0.05, 0.1) is 35.5 Å². The first-order valence-electron chi connectivity index (χ1n) is 10.3. The van der Waals surface area contributed by atoms with Gasteiger partial charge in [0.2, 0.25) is 10.0 Å². The van der Waals surface area contributed by atoms with Crippen molar-refractivity contribution in [2.75, 3.05) is 22.9 Å². The highest BCUT2D eigenvalue weighted by atomic mass is 127. The number of amides is 1. The summed E-state index contributed by atoms with van der Waals surface area (Å²) >= 11 is 1.87. The molecule has 0 fully saturated rings. The fourth-order valence-corrected chi connectivity index (χ4v) is 4.31. The van der Waals surface area contributed by atoms with Crippen molar-refractivity contribution in [2.24, 2.45) is 0 Å². The Kier molecular flexibility index (Phi) is 8.79.